The van der Waals surface area contributed by atoms with Crippen LogP contribution in [-0.4, -0.2) is 49.7 Å². The summed E-state index contributed by atoms with van der Waals surface area (Å²) < 4.78 is 5.42. The van der Waals surface area contributed by atoms with Crippen LogP contribution >= 0.6 is 0 Å². The van der Waals surface area contributed by atoms with Gasteiger partial charge in [-0.1, -0.05) is 43.5 Å². The van der Waals surface area contributed by atoms with Crippen LogP contribution in [0.25, 0.3) is 0 Å². The molecule has 2 aliphatic rings. The highest BCUT2D eigenvalue weighted by molar-refractivity contribution is 5.80. The molecule has 0 radical (unpaired) electrons. The lowest BCUT2D eigenvalue weighted by Crippen LogP contribution is -2.44. The van der Waals surface area contributed by atoms with E-state index >= 15 is 0 Å². The highest BCUT2D eigenvalue weighted by Crippen LogP contribution is 2.17. The Kier molecular flexibility index (Phi) is 7.77. The van der Waals surface area contributed by atoms with Crippen LogP contribution in [0.1, 0.15) is 50.2 Å². The highest BCUT2D eigenvalue weighted by Gasteiger charge is 2.14. The van der Waals surface area contributed by atoms with E-state index in [2.05, 4.69) is 46.7 Å². The lowest BCUT2D eigenvalue weighted by Gasteiger charge is -2.26. The van der Waals surface area contributed by atoms with E-state index in [0.29, 0.717) is 6.04 Å². The van der Waals surface area contributed by atoms with Gasteiger partial charge >= 0.3 is 0 Å². The first-order valence-corrected chi connectivity index (χ1v) is 10.3. The largest absolute Gasteiger partial charge is 0.379 e. The monoisotopic (exact) mass is 358 g/mol. The van der Waals surface area contributed by atoms with Gasteiger partial charge in [0.2, 0.25) is 0 Å². The fourth-order valence-corrected chi connectivity index (χ4v) is 3.70. The molecule has 2 N–H and O–H groups in total. The maximum Gasteiger partial charge on any atom is 0.191 e. The van der Waals surface area contributed by atoms with Crippen molar-refractivity contribution in [3.8, 4) is 0 Å². The minimum Gasteiger partial charge on any atom is -0.379 e. The van der Waals surface area contributed by atoms with E-state index in [1.807, 2.05) is 0 Å². The van der Waals surface area contributed by atoms with Crippen molar-refractivity contribution in [1.29, 1.82) is 0 Å². The predicted octanol–water partition coefficient (Wildman–Crippen LogP) is 2.91. The van der Waals surface area contributed by atoms with Crippen molar-refractivity contribution in [2.45, 2.75) is 58.2 Å². The second-order valence-electron chi connectivity index (χ2n) is 7.38. The van der Waals surface area contributed by atoms with Gasteiger partial charge in [0.15, 0.2) is 5.96 Å². The number of hydrogen-bond acceptors (Lipinski definition) is 3. The van der Waals surface area contributed by atoms with E-state index < -0.39 is 0 Å². The average molecular weight is 359 g/mol. The van der Waals surface area contributed by atoms with Crippen LogP contribution in [0.4, 0.5) is 0 Å². The summed E-state index contributed by atoms with van der Waals surface area (Å²) in [7, 11) is 0. The third-order valence-electron chi connectivity index (χ3n) is 5.24. The fourth-order valence-electron chi connectivity index (χ4n) is 3.70. The Labute approximate surface area is 158 Å². The molecular weight excluding hydrogens is 324 g/mol. The summed E-state index contributed by atoms with van der Waals surface area (Å²) in [5.41, 5.74) is 2.63. The first-order valence-electron chi connectivity index (χ1n) is 10.3. The summed E-state index contributed by atoms with van der Waals surface area (Å²) in [5, 5.41) is 7.00. The summed E-state index contributed by atoms with van der Waals surface area (Å²) in [5.74, 6) is 0.955. The van der Waals surface area contributed by atoms with Gasteiger partial charge in [-0.15, -0.1) is 0 Å². The molecule has 3 rings (SSSR count). The molecule has 144 valence electrons. The van der Waals surface area contributed by atoms with Crippen LogP contribution in [0.15, 0.2) is 29.3 Å². The molecule has 1 saturated heterocycles. The molecule has 1 aromatic carbocycles. The zero-order chi connectivity index (χ0) is 18.0. The molecule has 1 aromatic rings. The van der Waals surface area contributed by atoms with Crippen molar-refractivity contribution in [1.82, 2.24) is 15.5 Å². The Bertz CT molecular complexity index is 546. The summed E-state index contributed by atoms with van der Waals surface area (Å²) in [6.45, 7) is 8.53. The van der Waals surface area contributed by atoms with Gasteiger partial charge in [0, 0.05) is 32.2 Å². The molecule has 2 fully saturated rings. The van der Waals surface area contributed by atoms with Crippen molar-refractivity contribution in [2.75, 3.05) is 32.8 Å². The van der Waals surface area contributed by atoms with Gasteiger partial charge in [-0.05, 0) is 30.9 Å². The SMILES string of the molecule is CCNC(=NCc1ccc(CN2CCOCC2)cc1)NC1CCCCC1. The van der Waals surface area contributed by atoms with Crippen LogP contribution in [-0.2, 0) is 17.8 Å². The number of nitrogens with one attached hydrogen (secondary N) is 2. The first-order chi connectivity index (χ1) is 12.8. The van der Waals surface area contributed by atoms with Gasteiger partial charge in [-0.2, -0.15) is 0 Å². The number of ether oxygens (including phenoxy) is 1. The fraction of sp³-hybridized carbons (Fsp3) is 0.667. The van der Waals surface area contributed by atoms with E-state index in [4.69, 9.17) is 9.73 Å². The van der Waals surface area contributed by atoms with Crippen LogP contribution in [0.5, 0.6) is 0 Å². The number of guanidine groups is 1. The van der Waals surface area contributed by atoms with Crippen LogP contribution in [0, 0.1) is 0 Å². The van der Waals surface area contributed by atoms with Gasteiger partial charge in [0.05, 0.1) is 19.8 Å². The van der Waals surface area contributed by atoms with Gasteiger partial charge in [-0.25, -0.2) is 4.99 Å². The molecule has 1 heterocycles. The zero-order valence-electron chi connectivity index (χ0n) is 16.2. The van der Waals surface area contributed by atoms with Crippen molar-refractivity contribution in [2.24, 2.45) is 4.99 Å². The van der Waals surface area contributed by atoms with Gasteiger partial charge in [-0.3, -0.25) is 4.90 Å². The standard InChI is InChI=1S/C21H34N4O/c1-2-22-21(24-20-6-4-3-5-7-20)23-16-18-8-10-19(11-9-18)17-25-12-14-26-15-13-25/h8-11,20H,2-7,12-17H2,1H3,(H2,22,23,24). The quantitative estimate of drug-likeness (QED) is 0.606. The van der Waals surface area contributed by atoms with Gasteiger partial charge < -0.3 is 15.4 Å². The second kappa shape index (κ2) is 10.5. The smallest absolute Gasteiger partial charge is 0.191 e. The Morgan fingerprint density at radius 1 is 1.08 bits per heavy atom. The first kappa shape index (κ1) is 19.2. The number of rotatable bonds is 6. The normalized spacial score (nSPS) is 20.1. The topological polar surface area (TPSA) is 48.9 Å². The number of aliphatic imine (C=N–C) groups is 1. The molecule has 0 atom stereocenters. The second-order valence-corrected chi connectivity index (χ2v) is 7.38. The lowest BCUT2D eigenvalue weighted by molar-refractivity contribution is 0.0342. The summed E-state index contributed by atoms with van der Waals surface area (Å²) in [4.78, 5) is 7.24. The molecule has 0 spiro atoms. The Balaban J connectivity index is 1.51. The third kappa shape index (κ3) is 6.29. The summed E-state index contributed by atoms with van der Waals surface area (Å²) in [6.07, 6.45) is 6.58. The van der Waals surface area contributed by atoms with Crippen molar-refractivity contribution in [3.05, 3.63) is 35.4 Å². The van der Waals surface area contributed by atoms with Gasteiger partial charge in [0.1, 0.15) is 0 Å². The summed E-state index contributed by atoms with van der Waals surface area (Å²) >= 11 is 0. The molecule has 0 amide bonds. The Morgan fingerprint density at radius 2 is 1.77 bits per heavy atom. The van der Waals surface area contributed by atoms with Crippen molar-refractivity contribution < 1.29 is 4.74 Å². The van der Waals surface area contributed by atoms with Gasteiger partial charge in [0.25, 0.3) is 0 Å². The van der Waals surface area contributed by atoms with E-state index in [0.717, 1.165) is 51.9 Å². The van der Waals surface area contributed by atoms with E-state index in [9.17, 15) is 0 Å². The maximum atomic E-state index is 5.42. The minimum absolute atomic E-state index is 0.581. The molecule has 5 nitrogen and oxygen atoms in total. The maximum absolute atomic E-state index is 5.42. The summed E-state index contributed by atoms with van der Waals surface area (Å²) in [6, 6.07) is 9.48. The molecule has 5 heteroatoms. The van der Waals surface area contributed by atoms with E-state index in [1.54, 1.807) is 0 Å². The molecule has 1 aliphatic heterocycles. The Morgan fingerprint density at radius 3 is 2.46 bits per heavy atom. The lowest BCUT2D eigenvalue weighted by atomic mass is 9.96. The van der Waals surface area contributed by atoms with Crippen LogP contribution < -0.4 is 10.6 Å². The number of hydrogen-bond donors (Lipinski definition) is 2. The minimum atomic E-state index is 0.581. The molecule has 1 aliphatic carbocycles. The molecule has 0 bridgehead atoms. The molecule has 0 aromatic heterocycles. The number of benzene rings is 1. The van der Waals surface area contributed by atoms with Crippen molar-refractivity contribution in [3.63, 3.8) is 0 Å². The average Bonchev–Trinajstić information content (AvgIpc) is 2.69. The zero-order valence-corrected chi connectivity index (χ0v) is 16.2. The number of morpholine rings is 1. The van der Waals surface area contributed by atoms with Crippen LogP contribution in [0.2, 0.25) is 0 Å². The van der Waals surface area contributed by atoms with Crippen LogP contribution in [0.3, 0.4) is 0 Å². The predicted molar refractivity (Wildman–Crippen MR) is 107 cm³/mol. The van der Waals surface area contributed by atoms with E-state index in [-0.39, 0.29) is 0 Å². The third-order valence-corrected chi connectivity index (χ3v) is 5.24. The molecular formula is C21H34N4O. The molecule has 0 unspecified atom stereocenters. The molecule has 26 heavy (non-hydrogen) atoms. The highest BCUT2D eigenvalue weighted by atomic mass is 16.5. The number of nitrogens with zero attached hydrogens (tertiary/aromatic N) is 2. The molecule has 1 saturated carbocycles. The Hall–Kier alpha value is -1.59. The van der Waals surface area contributed by atoms with Crippen molar-refractivity contribution >= 4 is 5.96 Å². The van der Waals surface area contributed by atoms with E-state index in [1.165, 1.54) is 43.2 Å².